The van der Waals surface area contributed by atoms with Crippen molar-refractivity contribution in [1.82, 2.24) is 5.32 Å². The minimum Gasteiger partial charge on any atom is -0.495 e. The number of ether oxygens (including phenoxy) is 1. The zero-order valence-corrected chi connectivity index (χ0v) is 8.28. The number of halogens is 2. The van der Waals surface area contributed by atoms with Crippen molar-refractivity contribution in [1.29, 1.82) is 0 Å². The van der Waals surface area contributed by atoms with Crippen molar-refractivity contribution in [2.45, 2.75) is 6.54 Å². The van der Waals surface area contributed by atoms with Crippen molar-refractivity contribution in [3.63, 3.8) is 0 Å². The van der Waals surface area contributed by atoms with Crippen molar-refractivity contribution in [3.05, 3.63) is 28.5 Å². The van der Waals surface area contributed by atoms with Gasteiger partial charge in [-0.2, -0.15) is 0 Å². The zero-order chi connectivity index (χ0) is 9.84. The Morgan fingerprint density at radius 1 is 1.54 bits per heavy atom. The van der Waals surface area contributed by atoms with Crippen LogP contribution in [0.3, 0.4) is 0 Å². The van der Waals surface area contributed by atoms with Crippen LogP contribution >= 0.6 is 11.6 Å². The highest BCUT2D eigenvalue weighted by Crippen LogP contribution is 2.29. The SMILES string of the molecule is CNCc1cc(F)cc(Cl)c1OC. The van der Waals surface area contributed by atoms with Gasteiger partial charge >= 0.3 is 0 Å². The molecule has 2 nitrogen and oxygen atoms in total. The first-order valence-electron chi connectivity index (χ1n) is 3.85. The maximum atomic E-state index is 12.9. The van der Waals surface area contributed by atoms with Crippen molar-refractivity contribution in [3.8, 4) is 5.75 Å². The minimum atomic E-state index is -0.351. The number of rotatable bonds is 3. The summed E-state index contributed by atoms with van der Waals surface area (Å²) in [7, 11) is 3.29. The van der Waals surface area contributed by atoms with Gasteiger partial charge in [-0.3, -0.25) is 0 Å². The van der Waals surface area contributed by atoms with E-state index >= 15 is 0 Å². The first kappa shape index (κ1) is 10.3. The molecule has 1 N–H and O–H groups in total. The van der Waals surface area contributed by atoms with Crippen LogP contribution in [0.1, 0.15) is 5.56 Å². The first-order valence-corrected chi connectivity index (χ1v) is 4.23. The lowest BCUT2D eigenvalue weighted by atomic mass is 10.2. The maximum Gasteiger partial charge on any atom is 0.142 e. The summed E-state index contributed by atoms with van der Waals surface area (Å²) in [5.74, 6) is 0.175. The highest BCUT2D eigenvalue weighted by molar-refractivity contribution is 6.32. The summed E-state index contributed by atoms with van der Waals surface area (Å²) in [6, 6.07) is 2.64. The molecule has 0 saturated heterocycles. The molecule has 0 unspecified atom stereocenters. The largest absolute Gasteiger partial charge is 0.495 e. The third kappa shape index (κ3) is 2.32. The fraction of sp³-hybridized carbons (Fsp3) is 0.333. The van der Waals surface area contributed by atoms with Crippen molar-refractivity contribution < 1.29 is 9.13 Å². The zero-order valence-electron chi connectivity index (χ0n) is 7.53. The van der Waals surface area contributed by atoms with Gasteiger partial charge in [0, 0.05) is 12.1 Å². The van der Waals surface area contributed by atoms with Crippen LogP contribution in [0.5, 0.6) is 5.75 Å². The molecule has 72 valence electrons. The molecule has 0 aliphatic heterocycles. The molecule has 1 rings (SSSR count). The molecule has 0 aliphatic carbocycles. The van der Waals surface area contributed by atoms with E-state index in [2.05, 4.69) is 5.32 Å². The van der Waals surface area contributed by atoms with E-state index in [1.807, 2.05) is 0 Å². The average Bonchev–Trinajstić information content (AvgIpc) is 2.04. The Kier molecular flexibility index (Phi) is 3.51. The smallest absolute Gasteiger partial charge is 0.142 e. The van der Waals surface area contributed by atoms with E-state index in [0.717, 1.165) is 5.56 Å². The van der Waals surface area contributed by atoms with Crippen molar-refractivity contribution >= 4 is 11.6 Å². The van der Waals surface area contributed by atoms with Gasteiger partial charge in [-0.25, -0.2) is 4.39 Å². The second kappa shape index (κ2) is 4.44. The summed E-state index contributed by atoms with van der Waals surface area (Å²) in [6.45, 7) is 0.528. The maximum absolute atomic E-state index is 12.9. The summed E-state index contributed by atoms with van der Waals surface area (Å²) in [4.78, 5) is 0. The molecule has 1 aromatic carbocycles. The van der Waals surface area contributed by atoms with E-state index in [9.17, 15) is 4.39 Å². The highest BCUT2D eigenvalue weighted by atomic mass is 35.5. The van der Waals surface area contributed by atoms with Crippen LogP contribution in [0.25, 0.3) is 0 Å². The van der Waals surface area contributed by atoms with Gasteiger partial charge in [-0.05, 0) is 19.2 Å². The minimum absolute atomic E-state index is 0.299. The Hall–Kier alpha value is -0.800. The highest BCUT2D eigenvalue weighted by Gasteiger charge is 2.09. The van der Waals surface area contributed by atoms with Gasteiger partial charge in [0.15, 0.2) is 0 Å². The summed E-state index contributed by atoms with van der Waals surface area (Å²) in [6.07, 6.45) is 0. The van der Waals surface area contributed by atoms with Crippen molar-refractivity contribution in [2.75, 3.05) is 14.2 Å². The molecule has 0 aliphatic rings. The third-order valence-corrected chi connectivity index (χ3v) is 1.94. The molecular formula is C9H11ClFNO. The Morgan fingerprint density at radius 3 is 2.77 bits per heavy atom. The van der Waals surface area contributed by atoms with E-state index in [-0.39, 0.29) is 5.82 Å². The monoisotopic (exact) mass is 203 g/mol. The number of hydrogen-bond donors (Lipinski definition) is 1. The van der Waals surface area contributed by atoms with Crippen LogP contribution in [-0.4, -0.2) is 14.2 Å². The number of benzene rings is 1. The molecule has 0 aromatic heterocycles. The van der Waals surface area contributed by atoms with Gasteiger partial charge in [-0.1, -0.05) is 11.6 Å². The molecule has 0 bridgehead atoms. The van der Waals surface area contributed by atoms with E-state index in [0.29, 0.717) is 17.3 Å². The van der Waals surface area contributed by atoms with E-state index in [1.54, 1.807) is 7.05 Å². The van der Waals surface area contributed by atoms with E-state index < -0.39 is 0 Å². The summed E-state index contributed by atoms with van der Waals surface area (Å²) >= 11 is 5.78. The molecule has 0 atom stereocenters. The molecule has 0 amide bonds. The normalized spacial score (nSPS) is 10.2. The average molecular weight is 204 g/mol. The second-order valence-corrected chi connectivity index (χ2v) is 3.02. The predicted molar refractivity (Wildman–Crippen MR) is 50.7 cm³/mol. The lowest BCUT2D eigenvalue weighted by Gasteiger charge is -2.09. The van der Waals surface area contributed by atoms with Crippen LogP contribution in [0.4, 0.5) is 4.39 Å². The predicted octanol–water partition coefficient (Wildman–Crippen LogP) is 2.21. The van der Waals surface area contributed by atoms with Gasteiger partial charge in [0.2, 0.25) is 0 Å². The standard InChI is InChI=1S/C9H11ClFNO/c1-12-5-6-3-7(11)4-8(10)9(6)13-2/h3-4,12H,5H2,1-2H3. The Balaban J connectivity index is 3.13. The van der Waals surface area contributed by atoms with Crippen LogP contribution in [0.15, 0.2) is 12.1 Å². The van der Waals surface area contributed by atoms with Crippen LogP contribution < -0.4 is 10.1 Å². The number of hydrogen-bond acceptors (Lipinski definition) is 2. The van der Waals surface area contributed by atoms with Crippen LogP contribution in [0, 0.1) is 5.82 Å². The number of nitrogens with one attached hydrogen (secondary N) is 1. The van der Waals surface area contributed by atoms with Gasteiger partial charge in [0.1, 0.15) is 11.6 Å². The van der Waals surface area contributed by atoms with Gasteiger partial charge in [0.05, 0.1) is 12.1 Å². The van der Waals surface area contributed by atoms with Gasteiger partial charge < -0.3 is 10.1 Å². The molecule has 13 heavy (non-hydrogen) atoms. The van der Waals surface area contributed by atoms with E-state index in [4.69, 9.17) is 16.3 Å². The fourth-order valence-corrected chi connectivity index (χ4v) is 1.47. The molecule has 1 aromatic rings. The lowest BCUT2D eigenvalue weighted by Crippen LogP contribution is -2.07. The summed E-state index contributed by atoms with van der Waals surface area (Å²) < 4.78 is 17.9. The lowest BCUT2D eigenvalue weighted by molar-refractivity contribution is 0.407. The molecule has 0 heterocycles. The van der Waals surface area contributed by atoms with Crippen molar-refractivity contribution in [2.24, 2.45) is 0 Å². The molecule has 0 spiro atoms. The molecule has 0 fully saturated rings. The fourth-order valence-electron chi connectivity index (χ4n) is 1.16. The Morgan fingerprint density at radius 2 is 2.23 bits per heavy atom. The number of methoxy groups -OCH3 is 1. The molecule has 0 radical (unpaired) electrons. The first-order chi connectivity index (χ1) is 6.19. The Bertz CT molecular complexity index is 304. The summed E-state index contributed by atoms with van der Waals surface area (Å²) in [5, 5.41) is 3.21. The second-order valence-electron chi connectivity index (χ2n) is 2.61. The molecule has 0 saturated carbocycles. The Labute approximate surface area is 81.7 Å². The van der Waals surface area contributed by atoms with Gasteiger partial charge in [-0.15, -0.1) is 0 Å². The topological polar surface area (TPSA) is 21.3 Å². The van der Waals surface area contributed by atoms with E-state index in [1.165, 1.54) is 19.2 Å². The molecular weight excluding hydrogens is 193 g/mol. The van der Waals surface area contributed by atoms with Crippen LogP contribution in [0.2, 0.25) is 5.02 Å². The van der Waals surface area contributed by atoms with Crippen LogP contribution in [-0.2, 0) is 6.54 Å². The molecule has 4 heteroatoms. The van der Waals surface area contributed by atoms with Gasteiger partial charge in [0.25, 0.3) is 0 Å². The summed E-state index contributed by atoms with van der Waals surface area (Å²) in [5.41, 5.74) is 0.718. The third-order valence-electron chi connectivity index (χ3n) is 1.66. The quantitative estimate of drug-likeness (QED) is 0.814.